The maximum Gasteiger partial charge on any atom is 0.252 e. The Kier molecular flexibility index (Phi) is 7.96. The number of carbonyl (C=O) groups excluding carboxylic acids is 2. The minimum Gasteiger partial charge on any atom is -0.342 e. The molecule has 2 heterocycles. The van der Waals surface area contributed by atoms with Crippen LogP contribution >= 0.6 is 11.3 Å². The fraction of sp³-hybridized carbons (Fsp3) is 0.556. The van der Waals surface area contributed by atoms with Crippen LogP contribution in [0.3, 0.4) is 0 Å². The summed E-state index contributed by atoms with van der Waals surface area (Å²) in [5, 5.41) is 21.1. The first-order valence-corrected chi connectivity index (χ1v) is 13.6. The standard InChI is InChI=1S/C27H36N6O2S/c1-26(2,3)22-17-29-15-16-33(22)25-31-21(18-36-25)19-7-9-20(10-8-19)23(34)32-27(11-5-4-6-12-27)24(35)30-14-13-28/h7-10,18,22,29H,4-6,11-12,14-17H2,1-3H3,(H,30,35)(H,32,34). The number of hydrogen-bond donors (Lipinski definition) is 3. The number of nitrogens with zero attached hydrogens (tertiary/aromatic N) is 3. The van der Waals surface area contributed by atoms with Gasteiger partial charge in [-0.2, -0.15) is 5.26 Å². The van der Waals surface area contributed by atoms with Gasteiger partial charge >= 0.3 is 0 Å². The number of hydrogen-bond acceptors (Lipinski definition) is 7. The molecule has 0 radical (unpaired) electrons. The van der Waals surface area contributed by atoms with Gasteiger partial charge in [0.15, 0.2) is 5.13 Å². The Hall–Kier alpha value is -2.96. The third kappa shape index (κ3) is 5.71. The maximum atomic E-state index is 13.1. The van der Waals surface area contributed by atoms with Crippen LogP contribution in [0.5, 0.6) is 0 Å². The molecule has 0 spiro atoms. The van der Waals surface area contributed by atoms with E-state index in [4.69, 9.17) is 10.2 Å². The van der Waals surface area contributed by atoms with Crippen LogP contribution in [0.1, 0.15) is 63.2 Å². The molecule has 1 aromatic carbocycles. The zero-order valence-electron chi connectivity index (χ0n) is 21.4. The molecule has 8 nitrogen and oxygen atoms in total. The molecule has 1 unspecified atom stereocenters. The van der Waals surface area contributed by atoms with Crippen molar-refractivity contribution in [1.82, 2.24) is 20.9 Å². The van der Waals surface area contributed by atoms with E-state index in [1.807, 2.05) is 18.2 Å². The molecule has 1 saturated carbocycles. The first-order valence-electron chi connectivity index (χ1n) is 12.7. The van der Waals surface area contributed by atoms with Crippen molar-refractivity contribution in [2.45, 2.75) is 64.5 Å². The molecule has 2 fully saturated rings. The molecule has 3 N–H and O–H groups in total. The second-order valence-corrected chi connectivity index (χ2v) is 11.6. The second kappa shape index (κ2) is 11.0. The minimum absolute atomic E-state index is 0.0643. The van der Waals surface area contributed by atoms with Gasteiger partial charge in [0.25, 0.3) is 5.91 Å². The number of aromatic nitrogens is 1. The number of amides is 2. The second-order valence-electron chi connectivity index (χ2n) is 10.8. The number of rotatable bonds is 6. The Morgan fingerprint density at radius 2 is 1.94 bits per heavy atom. The van der Waals surface area contributed by atoms with Gasteiger partial charge in [-0.15, -0.1) is 11.3 Å². The summed E-state index contributed by atoms with van der Waals surface area (Å²) in [7, 11) is 0. The summed E-state index contributed by atoms with van der Waals surface area (Å²) in [6.07, 6.45) is 3.94. The molecule has 1 aliphatic carbocycles. The fourth-order valence-electron chi connectivity index (χ4n) is 5.17. The zero-order valence-corrected chi connectivity index (χ0v) is 22.2. The number of thiazole rings is 1. The van der Waals surface area contributed by atoms with Crippen LogP contribution < -0.4 is 20.9 Å². The van der Waals surface area contributed by atoms with Crippen molar-refractivity contribution in [3.63, 3.8) is 0 Å². The molecule has 4 rings (SSSR count). The van der Waals surface area contributed by atoms with Gasteiger partial charge in [0, 0.05) is 42.2 Å². The van der Waals surface area contributed by atoms with Gasteiger partial charge < -0.3 is 20.9 Å². The van der Waals surface area contributed by atoms with Crippen LogP contribution in [0.2, 0.25) is 0 Å². The van der Waals surface area contributed by atoms with Crippen molar-refractivity contribution in [2.75, 3.05) is 31.1 Å². The lowest BCUT2D eigenvalue weighted by molar-refractivity contribution is -0.128. The highest BCUT2D eigenvalue weighted by atomic mass is 32.1. The van der Waals surface area contributed by atoms with E-state index in [9.17, 15) is 9.59 Å². The lowest BCUT2D eigenvalue weighted by Crippen LogP contribution is -2.59. The van der Waals surface area contributed by atoms with Crippen LogP contribution in [0.4, 0.5) is 5.13 Å². The lowest BCUT2D eigenvalue weighted by atomic mass is 9.80. The number of carbonyl (C=O) groups is 2. The Labute approximate surface area is 217 Å². The van der Waals surface area contributed by atoms with Crippen molar-refractivity contribution in [2.24, 2.45) is 5.41 Å². The van der Waals surface area contributed by atoms with Gasteiger partial charge in [-0.25, -0.2) is 4.98 Å². The Bertz CT molecular complexity index is 1110. The average Bonchev–Trinajstić information content (AvgIpc) is 3.37. The van der Waals surface area contributed by atoms with Crippen molar-refractivity contribution in [1.29, 1.82) is 5.26 Å². The van der Waals surface area contributed by atoms with Gasteiger partial charge in [0.2, 0.25) is 5.91 Å². The normalized spacial score (nSPS) is 19.8. The van der Waals surface area contributed by atoms with Crippen molar-refractivity contribution in [3.05, 3.63) is 35.2 Å². The highest BCUT2D eigenvalue weighted by molar-refractivity contribution is 7.14. The third-order valence-corrected chi connectivity index (χ3v) is 8.12. The van der Waals surface area contributed by atoms with Gasteiger partial charge in [0.1, 0.15) is 12.1 Å². The van der Waals surface area contributed by atoms with Crippen LogP contribution in [0.15, 0.2) is 29.6 Å². The molecular formula is C27H36N6O2S. The first kappa shape index (κ1) is 26.1. The molecule has 1 aliphatic heterocycles. The predicted molar refractivity (Wildman–Crippen MR) is 143 cm³/mol. The molecule has 2 amide bonds. The molecule has 1 atom stereocenters. The quantitative estimate of drug-likeness (QED) is 0.513. The summed E-state index contributed by atoms with van der Waals surface area (Å²) in [6, 6.07) is 9.71. The molecule has 9 heteroatoms. The Morgan fingerprint density at radius 3 is 2.61 bits per heavy atom. The van der Waals surface area contributed by atoms with E-state index < -0.39 is 5.54 Å². The fourth-order valence-corrected chi connectivity index (χ4v) is 6.08. The third-order valence-electron chi connectivity index (χ3n) is 7.25. The Morgan fingerprint density at radius 1 is 1.22 bits per heavy atom. The SMILES string of the molecule is CC(C)(C)C1CNCCN1c1nc(-c2ccc(C(=O)NC3(C(=O)NCC#N)CCCCC3)cc2)cs1. The van der Waals surface area contributed by atoms with Crippen LogP contribution in [0.25, 0.3) is 11.3 Å². The average molecular weight is 509 g/mol. The van der Waals surface area contributed by atoms with Gasteiger partial charge in [-0.3, -0.25) is 9.59 Å². The number of benzene rings is 1. The van der Waals surface area contributed by atoms with E-state index in [0.29, 0.717) is 24.4 Å². The number of nitrogens with one attached hydrogen (secondary N) is 3. The molecule has 192 valence electrons. The highest BCUT2D eigenvalue weighted by Gasteiger charge is 2.41. The van der Waals surface area contributed by atoms with Crippen LogP contribution in [-0.2, 0) is 4.79 Å². The summed E-state index contributed by atoms with van der Waals surface area (Å²) in [5.41, 5.74) is 1.53. The molecular weight excluding hydrogens is 472 g/mol. The van der Waals surface area contributed by atoms with E-state index in [-0.39, 0.29) is 23.8 Å². The monoisotopic (exact) mass is 508 g/mol. The maximum absolute atomic E-state index is 13.1. The topological polar surface area (TPSA) is 110 Å². The zero-order chi connectivity index (χ0) is 25.8. The summed E-state index contributed by atoms with van der Waals surface area (Å²) in [4.78, 5) is 33.3. The first-order chi connectivity index (χ1) is 17.2. The Balaban J connectivity index is 1.47. The minimum atomic E-state index is -0.957. The predicted octanol–water partition coefficient (Wildman–Crippen LogP) is 3.71. The van der Waals surface area contributed by atoms with E-state index in [2.05, 4.69) is 47.0 Å². The van der Waals surface area contributed by atoms with E-state index in [0.717, 1.165) is 55.3 Å². The summed E-state index contributed by atoms with van der Waals surface area (Å²) >= 11 is 1.65. The van der Waals surface area contributed by atoms with Crippen LogP contribution in [0, 0.1) is 16.7 Å². The summed E-state index contributed by atoms with van der Waals surface area (Å²) in [5.74, 6) is -0.548. The van der Waals surface area contributed by atoms with Gasteiger partial charge in [-0.1, -0.05) is 52.2 Å². The molecule has 36 heavy (non-hydrogen) atoms. The van der Waals surface area contributed by atoms with Gasteiger partial charge in [0.05, 0.1) is 11.8 Å². The number of anilines is 1. The highest BCUT2D eigenvalue weighted by Crippen LogP contribution is 2.34. The van der Waals surface area contributed by atoms with E-state index >= 15 is 0 Å². The number of piperazine rings is 1. The molecule has 1 aromatic heterocycles. The molecule has 2 aromatic rings. The van der Waals surface area contributed by atoms with E-state index in [1.165, 1.54) is 0 Å². The summed E-state index contributed by atoms with van der Waals surface area (Å²) in [6.45, 7) is 9.55. The van der Waals surface area contributed by atoms with E-state index in [1.54, 1.807) is 23.5 Å². The molecule has 2 aliphatic rings. The van der Waals surface area contributed by atoms with Crippen molar-refractivity contribution >= 4 is 28.3 Å². The number of nitriles is 1. The largest absolute Gasteiger partial charge is 0.342 e. The molecule has 0 bridgehead atoms. The lowest BCUT2D eigenvalue weighted by Gasteiger charge is -2.43. The van der Waals surface area contributed by atoms with Crippen molar-refractivity contribution < 1.29 is 9.59 Å². The summed E-state index contributed by atoms with van der Waals surface area (Å²) < 4.78 is 0. The van der Waals surface area contributed by atoms with Gasteiger partial charge in [-0.05, 0) is 30.4 Å². The smallest absolute Gasteiger partial charge is 0.252 e. The van der Waals surface area contributed by atoms with Crippen molar-refractivity contribution in [3.8, 4) is 17.3 Å². The van der Waals surface area contributed by atoms with Crippen LogP contribution in [-0.4, -0.2) is 54.6 Å². The molecule has 1 saturated heterocycles.